The van der Waals surface area contributed by atoms with Gasteiger partial charge in [-0.15, -0.1) is 0 Å². The maximum atomic E-state index is 13.7. The molecule has 0 aliphatic carbocycles. The number of nitrogens with zero attached hydrogens (tertiary/aromatic N) is 1. The summed E-state index contributed by atoms with van der Waals surface area (Å²) in [6.45, 7) is 0. The molecule has 4 aromatic rings. The summed E-state index contributed by atoms with van der Waals surface area (Å²) in [5, 5.41) is 5.79. The number of ether oxygens (including phenoxy) is 2. The summed E-state index contributed by atoms with van der Waals surface area (Å²) < 4.78 is 49.7. The lowest BCUT2D eigenvalue weighted by atomic mass is 10.2. The van der Waals surface area contributed by atoms with Crippen LogP contribution in [-0.4, -0.2) is 31.9 Å². The lowest BCUT2D eigenvalue weighted by molar-refractivity contribution is -0.137. The summed E-state index contributed by atoms with van der Waals surface area (Å²) >= 11 is 0.978. The molecule has 0 atom stereocenters. The van der Waals surface area contributed by atoms with Crippen molar-refractivity contribution in [3.63, 3.8) is 0 Å². The minimum atomic E-state index is -4.58. The van der Waals surface area contributed by atoms with Crippen LogP contribution in [0.1, 0.15) is 15.9 Å². The van der Waals surface area contributed by atoms with Crippen LogP contribution >= 0.6 is 11.8 Å². The van der Waals surface area contributed by atoms with Crippen LogP contribution in [0.25, 0.3) is 0 Å². The van der Waals surface area contributed by atoms with Gasteiger partial charge in [-0.1, -0.05) is 17.8 Å². The number of halogens is 3. The van der Waals surface area contributed by atoms with Crippen LogP contribution in [-0.2, 0) is 15.8 Å². The second kappa shape index (κ2) is 12.6. The van der Waals surface area contributed by atoms with Crippen molar-refractivity contribution in [2.75, 3.05) is 29.8 Å². The first-order chi connectivity index (χ1) is 21.1. The molecule has 12 heteroatoms. The number of alkyl halides is 3. The number of amides is 3. The second-order valence-electron chi connectivity index (χ2n) is 9.36. The zero-order valence-electron chi connectivity index (χ0n) is 23.3. The average molecular weight is 620 g/mol. The van der Waals surface area contributed by atoms with E-state index in [0.717, 1.165) is 40.9 Å². The monoisotopic (exact) mass is 619 g/mol. The van der Waals surface area contributed by atoms with E-state index in [1.807, 2.05) is 0 Å². The molecule has 0 radical (unpaired) electrons. The number of methoxy groups -OCH3 is 2. The third-order valence-corrected chi connectivity index (χ3v) is 7.59. The third-order valence-electron chi connectivity index (χ3n) is 6.52. The lowest BCUT2D eigenvalue weighted by Gasteiger charge is -2.16. The van der Waals surface area contributed by atoms with Crippen molar-refractivity contribution in [2.24, 2.45) is 0 Å². The zero-order valence-corrected chi connectivity index (χ0v) is 24.1. The molecule has 3 amide bonds. The van der Waals surface area contributed by atoms with E-state index in [4.69, 9.17) is 9.47 Å². The topological polar surface area (TPSA) is 97.0 Å². The van der Waals surface area contributed by atoms with Gasteiger partial charge < -0.3 is 20.1 Å². The molecule has 224 valence electrons. The molecular formula is C32H24F3N3O5S. The van der Waals surface area contributed by atoms with Crippen molar-refractivity contribution in [1.82, 2.24) is 0 Å². The Bertz CT molecular complexity index is 1740. The van der Waals surface area contributed by atoms with Crippen molar-refractivity contribution < 1.29 is 37.0 Å². The van der Waals surface area contributed by atoms with E-state index in [1.165, 1.54) is 14.2 Å². The number of imide groups is 1. The standard InChI is InChI=1S/C32H24F3N3O5S/c1-42-24-14-6-19(7-15-24)29(39)37-22-4-3-5-26(18-22)44-28-27(36-21-10-16-25(43-2)17-11-21)30(40)38(31(28)41)23-12-8-20(9-13-23)32(33,34)35/h3-18,36H,1-2H3,(H,37,39). The van der Waals surface area contributed by atoms with Crippen LogP contribution in [0.3, 0.4) is 0 Å². The van der Waals surface area contributed by atoms with Gasteiger partial charge in [0.25, 0.3) is 17.7 Å². The molecule has 0 fully saturated rings. The molecule has 0 saturated heterocycles. The minimum absolute atomic E-state index is 0.0156. The summed E-state index contributed by atoms with van der Waals surface area (Å²) in [6.07, 6.45) is -4.58. The Hall–Kier alpha value is -5.23. The highest BCUT2D eigenvalue weighted by atomic mass is 32.2. The maximum Gasteiger partial charge on any atom is 0.416 e. The molecule has 2 N–H and O–H groups in total. The van der Waals surface area contributed by atoms with Gasteiger partial charge in [-0.3, -0.25) is 14.4 Å². The number of thioether (sulfide) groups is 1. The van der Waals surface area contributed by atoms with Crippen molar-refractivity contribution in [2.45, 2.75) is 11.1 Å². The fourth-order valence-electron chi connectivity index (χ4n) is 4.27. The van der Waals surface area contributed by atoms with Crippen LogP contribution in [0, 0.1) is 0 Å². The van der Waals surface area contributed by atoms with Crippen molar-refractivity contribution in [3.8, 4) is 11.5 Å². The largest absolute Gasteiger partial charge is 0.497 e. The van der Waals surface area contributed by atoms with Crippen molar-refractivity contribution in [3.05, 3.63) is 119 Å². The summed E-state index contributed by atoms with van der Waals surface area (Å²) in [5.41, 5.74) is 0.345. The number of nitrogens with one attached hydrogen (secondary N) is 2. The number of anilines is 3. The Morgan fingerprint density at radius 3 is 1.98 bits per heavy atom. The van der Waals surface area contributed by atoms with E-state index < -0.39 is 23.6 Å². The highest BCUT2D eigenvalue weighted by molar-refractivity contribution is 8.04. The molecule has 8 nitrogen and oxygen atoms in total. The van der Waals surface area contributed by atoms with Crippen LogP contribution in [0.15, 0.2) is 113 Å². The SMILES string of the molecule is COc1ccc(NC2=C(Sc3cccc(NC(=O)c4ccc(OC)cc4)c3)C(=O)N(c3ccc(C(F)(F)F)cc3)C2=O)cc1. The first-order valence-electron chi connectivity index (χ1n) is 13.0. The molecule has 44 heavy (non-hydrogen) atoms. The number of carbonyl (C=O) groups excluding carboxylic acids is 3. The van der Waals surface area contributed by atoms with Gasteiger partial charge in [0, 0.05) is 21.8 Å². The van der Waals surface area contributed by atoms with E-state index in [0.29, 0.717) is 33.3 Å². The molecule has 0 spiro atoms. The zero-order chi connectivity index (χ0) is 31.4. The average Bonchev–Trinajstić information content (AvgIpc) is 3.25. The number of rotatable bonds is 9. The molecule has 0 bridgehead atoms. The van der Waals surface area contributed by atoms with E-state index in [9.17, 15) is 27.6 Å². The Balaban J connectivity index is 1.44. The van der Waals surface area contributed by atoms with Gasteiger partial charge in [-0.25, -0.2) is 4.90 Å². The molecule has 0 saturated carbocycles. The molecular weight excluding hydrogens is 595 g/mol. The Morgan fingerprint density at radius 2 is 1.39 bits per heavy atom. The number of carbonyl (C=O) groups is 3. The first kappa shape index (κ1) is 30.2. The Labute approximate surface area is 254 Å². The molecule has 0 aromatic heterocycles. The summed E-state index contributed by atoms with van der Waals surface area (Å²) in [4.78, 5) is 41.4. The highest BCUT2D eigenvalue weighted by Gasteiger charge is 2.41. The van der Waals surface area contributed by atoms with E-state index in [-0.39, 0.29) is 22.2 Å². The molecule has 4 aromatic carbocycles. The van der Waals surface area contributed by atoms with Gasteiger partial charge >= 0.3 is 6.18 Å². The number of hydrogen-bond donors (Lipinski definition) is 2. The van der Waals surface area contributed by atoms with Gasteiger partial charge in [0.05, 0.1) is 25.5 Å². The second-order valence-corrected chi connectivity index (χ2v) is 10.4. The van der Waals surface area contributed by atoms with Crippen molar-refractivity contribution in [1.29, 1.82) is 0 Å². The summed E-state index contributed by atoms with van der Waals surface area (Å²) in [5.74, 6) is -0.641. The predicted octanol–water partition coefficient (Wildman–Crippen LogP) is 6.96. The Morgan fingerprint density at radius 1 is 0.773 bits per heavy atom. The maximum absolute atomic E-state index is 13.7. The molecule has 5 rings (SSSR count). The van der Waals surface area contributed by atoms with Crippen LogP contribution < -0.4 is 25.0 Å². The lowest BCUT2D eigenvalue weighted by Crippen LogP contribution is -2.32. The fraction of sp³-hybridized carbons (Fsp3) is 0.0938. The summed E-state index contributed by atoms with van der Waals surface area (Å²) in [7, 11) is 3.03. The van der Waals surface area contributed by atoms with Gasteiger partial charge in [-0.05, 0) is 91.0 Å². The van der Waals surface area contributed by atoms with E-state index >= 15 is 0 Å². The molecule has 1 aliphatic rings. The van der Waals surface area contributed by atoms with Gasteiger partial charge in [0.2, 0.25) is 0 Å². The van der Waals surface area contributed by atoms with E-state index in [2.05, 4.69) is 10.6 Å². The molecule has 1 aliphatic heterocycles. The van der Waals surface area contributed by atoms with Gasteiger partial charge in [0.1, 0.15) is 22.1 Å². The summed E-state index contributed by atoms with van der Waals surface area (Å²) in [6, 6.07) is 23.7. The smallest absolute Gasteiger partial charge is 0.416 e. The number of hydrogen-bond acceptors (Lipinski definition) is 7. The quantitative estimate of drug-likeness (QED) is 0.196. The van der Waals surface area contributed by atoms with Crippen LogP contribution in [0.2, 0.25) is 0 Å². The number of benzene rings is 4. The van der Waals surface area contributed by atoms with Gasteiger partial charge in [0.15, 0.2) is 0 Å². The van der Waals surface area contributed by atoms with Crippen molar-refractivity contribution >= 4 is 46.5 Å². The normalized spacial score (nSPS) is 13.2. The third kappa shape index (κ3) is 6.55. The fourth-order valence-corrected chi connectivity index (χ4v) is 5.26. The molecule has 0 unspecified atom stereocenters. The first-order valence-corrected chi connectivity index (χ1v) is 13.8. The molecule has 1 heterocycles. The predicted molar refractivity (Wildman–Crippen MR) is 161 cm³/mol. The van der Waals surface area contributed by atoms with E-state index in [1.54, 1.807) is 72.8 Å². The van der Waals surface area contributed by atoms with Crippen LogP contribution in [0.4, 0.5) is 30.2 Å². The van der Waals surface area contributed by atoms with Crippen LogP contribution in [0.5, 0.6) is 11.5 Å². The van der Waals surface area contributed by atoms with Gasteiger partial charge in [-0.2, -0.15) is 13.2 Å². The highest BCUT2D eigenvalue weighted by Crippen LogP contribution is 2.39. The minimum Gasteiger partial charge on any atom is -0.497 e. The Kier molecular flexibility index (Phi) is 8.63.